The predicted octanol–water partition coefficient (Wildman–Crippen LogP) is 2.68. The Labute approximate surface area is 129 Å². The summed E-state index contributed by atoms with van der Waals surface area (Å²) in [6, 6.07) is 5.36. The standard InChI is InChI=1S/C14H20BrNO3S/c1-11-6-7-12(15)10-14(11)20(18,19)16-8-2-4-13(16)5-3-9-17/h6-7,10,13,17H,2-5,8-9H2,1H3. The zero-order valence-corrected chi connectivity index (χ0v) is 14.0. The molecule has 112 valence electrons. The quantitative estimate of drug-likeness (QED) is 0.876. The molecule has 0 saturated carbocycles. The molecule has 6 heteroatoms. The minimum Gasteiger partial charge on any atom is -0.396 e. The first kappa shape index (κ1) is 15.9. The van der Waals surface area contributed by atoms with Gasteiger partial charge in [0.1, 0.15) is 0 Å². The zero-order valence-electron chi connectivity index (χ0n) is 11.5. The molecule has 0 aliphatic carbocycles. The maximum absolute atomic E-state index is 12.8. The van der Waals surface area contributed by atoms with Crippen LogP contribution in [-0.4, -0.2) is 37.0 Å². The van der Waals surface area contributed by atoms with Gasteiger partial charge in [-0.1, -0.05) is 22.0 Å². The first-order valence-electron chi connectivity index (χ1n) is 6.85. The fourth-order valence-electron chi connectivity index (χ4n) is 2.72. The zero-order chi connectivity index (χ0) is 14.8. The molecule has 0 amide bonds. The highest BCUT2D eigenvalue weighted by Gasteiger charge is 2.35. The monoisotopic (exact) mass is 361 g/mol. The Kier molecular flexibility index (Phi) is 5.23. The van der Waals surface area contributed by atoms with Crippen molar-refractivity contribution < 1.29 is 13.5 Å². The van der Waals surface area contributed by atoms with Crippen LogP contribution in [-0.2, 0) is 10.0 Å². The van der Waals surface area contributed by atoms with Crippen LogP contribution in [0.1, 0.15) is 31.2 Å². The van der Waals surface area contributed by atoms with E-state index in [0.717, 1.165) is 29.3 Å². The molecule has 0 radical (unpaired) electrons. The van der Waals surface area contributed by atoms with E-state index in [4.69, 9.17) is 5.11 Å². The summed E-state index contributed by atoms with van der Waals surface area (Å²) in [4.78, 5) is 0.378. The number of halogens is 1. The van der Waals surface area contributed by atoms with Crippen LogP contribution in [0, 0.1) is 6.92 Å². The van der Waals surface area contributed by atoms with Crippen molar-refractivity contribution in [2.45, 2.75) is 43.5 Å². The molecule has 0 bridgehead atoms. The molecular weight excluding hydrogens is 342 g/mol. The van der Waals surface area contributed by atoms with Gasteiger partial charge in [0, 0.05) is 23.7 Å². The molecule has 0 aromatic heterocycles. The molecule has 1 N–H and O–H groups in total. The molecule has 1 saturated heterocycles. The number of hydrogen-bond donors (Lipinski definition) is 1. The van der Waals surface area contributed by atoms with Crippen molar-refractivity contribution >= 4 is 26.0 Å². The number of benzene rings is 1. The van der Waals surface area contributed by atoms with E-state index >= 15 is 0 Å². The highest BCUT2D eigenvalue weighted by molar-refractivity contribution is 9.10. The average molecular weight is 362 g/mol. The maximum Gasteiger partial charge on any atom is 0.243 e. The second kappa shape index (κ2) is 6.56. The Morgan fingerprint density at radius 1 is 1.45 bits per heavy atom. The van der Waals surface area contributed by atoms with E-state index in [9.17, 15) is 8.42 Å². The van der Waals surface area contributed by atoms with Gasteiger partial charge in [0.2, 0.25) is 10.0 Å². The van der Waals surface area contributed by atoms with Crippen molar-refractivity contribution in [1.82, 2.24) is 4.31 Å². The summed E-state index contributed by atoms with van der Waals surface area (Å²) in [7, 11) is -3.45. The van der Waals surface area contributed by atoms with Gasteiger partial charge in [0.25, 0.3) is 0 Å². The molecule has 1 aromatic rings. The van der Waals surface area contributed by atoms with E-state index in [-0.39, 0.29) is 12.6 Å². The third kappa shape index (κ3) is 3.24. The average Bonchev–Trinajstić information content (AvgIpc) is 2.88. The van der Waals surface area contributed by atoms with Crippen LogP contribution in [0.3, 0.4) is 0 Å². The van der Waals surface area contributed by atoms with Crippen molar-refractivity contribution in [2.75, 3.05) is 13.2 Å². The summed E-state index contributed by atoms with van der Waals surface area (Å²) in [5.41, 5.74) is 0.765. The molecule has 1 fully saturated rings. The van der Waals surface area contributed by atoms with Gasteiger partial charge in [-0.25, -0.2) is 8.42 Å². The fraction of sp³-hybridized carbons (Fsp3) is 0.571. The van der Waals surface area contributed by atoms with Gasteiger partial charge in [-0.3, -0.25) is 0 Å². The van der Waals surface area contributed by atoms with Crippen LogP contribution >= 0.6 is 15.9 Å². The van der Waals surface area contributed by atoms with E-state index < -0.39 is 10.0 Å². The lowest BCUT2D eigenvalue weighted by Crippen LogP contribution is -2.36. The fourth-order valence-corrected chi connectivity index (χ4v) is 5.21. The van der Waals surface area contributed by atoms with E-state index in [1.807, 2.05) is 19.1 Å². The van der Waals surface area contributed by atoms with Gasteiger partial charge in [-0.15, -0.1) is 0 Å². The van der Waals surface area contributed by atoms with Crippen LogP contribution in [0.25, 0.3) is 0 Å². The largest absolute Gasteiger partial charge is 0.396 e. The topological polar surface area (TPSA) is 57.6 Å². The van der Waals surface area contributed by atoms with Gasteiger partial charge >= 0.3 is 0 Å². The molecule has 1 aliphatic rings. The van der Waals surface area contributed by atoms with E-state index in [0.29, 0.717) is 17.9 Å². The number of aliphatic hydroxyl groups excluding tert-OH is 1. The maximum atomic E-state index is 12.8. The second-order valence-corrected chi connectivity index (χ2v) is 7.96. The van der Waals surface area contributed by atoms with Gasteiger partial charge < -0.3 is 5.11 Å². The highest BCUT2D eigenvalue weighted by atomic mass is 79.9. The van der Waals surface area contributed by atoms with Crippen LogP contribution < -0.4 is 0 Å². The second-order valence-electron chi connectivity index (χ2n) is 5.19. The predicted molar refractivity (Wildman–Crippen MR) is 82.1 cm³/mol. The molecule has 1 aromatic carbocycles. The summed E-state index contributed by atoms with van der Waals surface area (Å²) in [5, 5.41) is 8.94. The molecule has 1 unspecified atom stereocenters. The lowest BCUT2D eigenvalue weighted by Gasteiger charge is -2.24. The normalized spacial score (nSPS) is 20.4. The Morgan fingerprint density at radius 3 is 2.90 bits per heavy atom. The minimum absolute atomic E-state index is 0.0190. The Bertz CT molecular complexity index is 574. The molecular formula is C14H20BrNO3S. The van der Waals surface area contributed by atoms with Crippen molar-refractivity contribution in [3.8, 4) is 0 Å². The number of hydrogen-bond acceptors (Lipinski definition) is 3. The molecule has 1 heterocycles. The van der Waals surface area contributed by atoms with Crippen LogP contribution in [0.15, 0.2) is 27.6 Å². The van der Waals surface area contributed by atoms with Crippen molar-refractivity contribution in [2.24, 2.45) is 0 Å². The third-order valence-electron chi connectivity index (χ3n) is 3.76. The smallest absolute Gasteiger partial charge is 0.243 e. The summed E-state index contributed by atoms with van der Waals surface area (Å²) >= 11 is 3.34. The van der Waals surface area contributed by atoms with Crippen LogP contribution in [0.2, 0.25) is 0 Å². The molecule has 0 spiro atoms. The van der Waals surface area contributed by atoms with E-state index in [1.54, 1.807) is 10.4 Å². The number of nitrogens with zero attached hydrogens (tertiary/aromatic N) is 1. The van der Waals surface area contributed by atoms with Gasteiger partial charge in [0.15, 0.2) is 0 Å². The van der Waals surface area contributed by atoms with Crippen LogP contribution in [0.4, 0.5) is 0 Å². The third-order valence-corrected chi connectivity index (χ3v) is 6.34. The Balaban J connectivity index is 2.31. The number of sulfonamides is 1. The van der Waals surface area contributed by atoms with Gasteiger partial charge in [-0.05, 0) is 50.3 Å². The summed E-state index contributed by atoms with van der Waals surface area (Å²) in [6.45, 7) is 2.50. The highest BCUT2D eigenvalue weighted by Crippen LogP contribution is 2.31. The number of rotatable bonds is 5. The molecule has 20 heavy (non-hydrogen) atoms. The summed E-state index contributed by atoms with van der Waals surface area (Å²) < 4.78 is 28.0. The Hall–Kier alpha value is -0.430. The number of aryl methyl sites for hydroxylation is 1. The summed E-state index contributed by atoms with van der Waals surface area (Å²) in [5.74, 6) is 0. The lowest BCUT2D eigenvalue weighted by molar-refractivity contribution is 0.264. The first-order valence-corrected chi connectivity index (χ1v) is 9.09. The van der Waals surface area contributed by atoms with Gasteiger partial charge in [-0.2, -0.15) is 4.31 Å². The van der Waals surface area contributed by atoms with Crippen molar-refractivity contribution in [3.05, 3.63) is 28.2 Å². The first-order chi connectivity index (χ1) is 9.46. The van der Waals surface area contributed by atoms with Crippen molar-refractivity contribution in [1.29, 1.82) is 0 Å². The molecule has 2 rings (SSSR count). The van der Waals surface area contributed by atoms with E-state index in [2.05, 4.69) is 15.9 Å². The van der Waals surface area contributed by atoms with E-state index in [1.165, 1.54) is 0 Å². The SMILES string of the molecule is Cc1ccc(Br)cc1S(=O)(=O)N1CCCC1CCCO. The summed E-state index contributed by atoms with van der Waals surface area (Å²) in [6.07, 6.45) is 3.14. The Morgan fingerprint density at radius 2 is 2.20 bits per heavy atom. The van der Waals surface area contributed by atoms with Crippen LogP contribution in [0.5, 0.6) is 0 Å². The van der Waals surface area contributed by atoms with Crippen molar-refractivity contribution in [3.63, 3.8) is 0 Å². The van der Waals surface area contributed by atoms with Gasteiger partial charge in [0.05, 0.1) is 4.90 Å². The minimum atomic E-state index is -3.45. The molecule has 1 aliphatic heterocycles. The molecule has 4 nitrogen and oxygen atoms in total. The number of aliphatic hydroxyl groups is 1. The lowest BCUT2D eigenvalue weighted by atomic mass is 10.1. The molecule has 1 atom stereocenters.